The summed E-state index contributed by atoms with van der Waals surface area (Å²) in [5.74, 6) is 1.19. The zero-order valence-corrected chi connectivity index (χ0v) is 15.1. The van der Waals surface area contributed by atoms with E-state index in [4.69, 9.17) is 4.74 Å². The van der Waals surface area contributed by atoms with Crippen LogP contribution >= 0.6 is 0 Å². The number of hydrogen-bond donors (Lipinski definition) is 1. The summed E-state index contributed by atoms with van der Waals surface area (Å²) in [5.41, 5.74) is 1.09. The lowest BCUT2D eigenvalue weighted by Gasteiger charge is -2.31. The number of sulfonamides is 1. The summed E-state index contributed by atoms with van der Waals surface area (Å²) in [6.07, 6.45) is 4.11. The molecule has 0 aromatic heterocycles. The highest BCUT2D eigenvalue weighted by molar-refractivity contribution is 7.89. The maximum absolute atomic E-state index is 11.8. The van der Waals surface area contributed by atoms with Crippen LogP contribution in [0.5, 0.6) is 5.75 Å². The molecule has 2 atom stereocenters. The second kappa shape index (κ2) is 8.02. The fraction of sp³-hybridized carbons (Fsp3) is 0.647. The van der Waals surface area contributed by atoms with Crippen molar-refractivity contribution in [1.82, 2.24) is 4.72 Å². The van der Waals surface area contributed by atoms with Crippen LogP contribution in [0.15, 0.2) is 24.3 Å². The Hall–Kier alpha value is -1.27. The van der Waals surface area contributed by atoms with E-state index in [2.05, 4.69) is 4.72 Å². The fourth-order valence-electron chi connectivity index (χ4n) is 2.93. The Balaban J connectivity index is 1.98. The Labute approximate surface area is 140 Å². The zero-order chi connectivity index (χ0) is 16.9. The van der Waals surface area contributed by atoms with Gasteiger partial charge in [-0.05, 0) is 31.9 Å². The highest BCUT2D eigenvalue weighted by Gasteiger charge is 2.28. The van der Waals surface area contributed by atoms with Gasteiger partial charge in [-0.2, -0.15) is 0 Å². The highest BCUT2D eigenvalue weighted by atomic mass is 32.2. The summed E-state index contributed by atoms with van der Waals surface area (Å²) in [6.45, 7) is 2.22. The molecule has 0 amide bonds. The molecule has 1 aromatic rings. The summed E-state index contributed by atoms with van der Waals surface area (Å²) < 4.78 is 32.5. The van der Waals surface area contributed by atoms with E-state index in [0.717, 1.165) is 37.1 Å². The van der Waals surface area contributed by atoms with Crippen LogP contribution in [0, 0.1) is 5.92 Å². The molecule has 0 unspecified atom stereocenters. The second-order valence-corrected chi connectivity index (χ2v) is 8.42. The van der Waals surface area contributed by atoms with Crippen molar-refractivity contribution in [2.24, 2.45) is 5.92 Å². The van der Waals surface area contributed by atoms with E-state index in [1.54, 1.807) is 6.92 Å². The van der Waals surface area contributed by atoms with Crippen molar-refractivity contribution >= 4 is 15.7 Å². The molecule has 23 heavy (non-hydrogen) atoms. The summed E-state index contributed by atoms with van der Waals surface area (Å²) in [6, 6.07) is 7.95. The van der Waals surface area contributed by atoms with Crippen molar-refractivity contribution in [3.8, 4) is 5.75 Å². The quantitative estimate of drug-likeness (QED) is 0.829. The molecule has 0 spiro atoms. The fourth-order valence-corrected chi connectivity index (χ4v) is 3.87. The van der Waals surface area contributed by atoms with E-state index in [-0.39, 0.29) is 17.7 Å². The molecule has 1 aliphatic rings. The molecule has 1 aliphatic carbocycles. The zero-order valence-electron chi connectivity index (χ0n) is 14.3. The molecule has 1 saturated carbocycles. The molecule has 0 bridgehead atoms. The third-order valence-electron chi connectivity index (χ3n) is 4.42. The third-order valence-corrected chi connectivity index (χ3v) is 5.84. The van der Waals surface area contributed by atoms with Crippen LogP contribution in [0.3, 0.4) is 0 Å². The summed E-state index contributed by atoms with van der Waals surface area (Å²) in [7, 11) is 0.827. The van der Waals surface area contributed by atoms with Gasteiger partial charge in [0.15, 0.2) is 0 Å². The second-order valence-electron chi connectivity index (χ2n) is 6.38. The first-order valence-electron chi connectivity index (χ1n) is 8.31. The Morgan fingerprint density at radius 2 is 2.00 bits per heavy atom. The summed E-state index contributed by atoms with van der Waals surface area (Å²) in [5, 5.41) is 0. The minimum Gasteiger partial charge on any atom is -0.493 e. The number of benzene rings is 1. The lowest BCUT2D eigenvalue weighted by molar-refractivity contribution is 0.180. The molecular weight excluding hydrogens is 312 g/mol. The SMILES string of the molecule is CCS(=O)(=O)N[C@H]1CCCC[C@@H]1COc1cccc(N(C)C)c1. The summed E-state index contributed by atoms with van der Waals surface area (Å²) >= 11 is 0. The van der Waals surface area contributed by atoms with Gasteiger partial charge in [0, 0.05) is 37.8 Å². The van der Waals surface area contributed by atoms with Crippen molar-refractivity contribution < 1.29 is 13.2 Å². The number of hydrogen-bond acceptors (Lipinski definition) is 4. The average molecular weight is 340 g/mol. The van der Waals surface area contributed by atoms with Gasteiger partial charge in [0.2, 0.25) is 10.0 Å². The van der Waals surface area contributed by atoms with Crippen LogP contribution in [0.1, 0.15) is 32.6 Å². The molecule has 6 heteroatoms. The standard InChI is InChI=1S/C17H28N2O3S/c1-4-23(20,21)18-17-11-6-5-8-14(17)13-22-16-10-7-9-15(12-16)19(2)3/h7,9-10,12,14,17-18H,4-6,8,11,13H2,1-3H3/t14-,17+/m1/s1. The van der Waals surface area contributed by atoms with Crippen molar-refractivity contribution in [3.05, 3.63) is 24.3 Å². The molecule has 0 aliphatic heterocycles. The van der Waals surface area contributed by atoms with Crippen molar-refractivity contribution in [1.29, 1.82) is 0 Å². The van der Waals surface area contributed by atoms with E-state index < -0.39 is 10.0 Å². The predicted octanol–water partition coefficient (Wildman–Crippen LogP) is 2.63. The van der Waals surface area contributed by atoms with E-state index in [1.807, 2.05) is 43.3 Å². The van der Waals surface area contributed by atoms with Gasteiger partial charge in [-0.25, -0.2) is 13.1 Å². The van der Waals surface area contributed by atoms with Gasteiger partial charge in [0.1, 0.15) is 5.75 Å². The number of ether oxygens (including phenoxy) is 1. The lowest BCUT2D eigenvalue weighted by Crippen LogP contribution is -2.44. The molecule has 0 radical (unpaired) electrons. The van der Waals surface area contributed by atoms with Crippen LogP contribution in [0.4, 0.5) is 5.69 Å². The van der Waals surface area contributed by atoms with Gasteiger partial charge in [0.05, 0.1) is 12.4 Å². The molecule has 2 rings (SSSR count). The van der Waals surface area contributed by atoms with E-state index >= 15 is 0 Å². The van der Waals surface area contributed by atoms with E-state index in [0.29, 0.717) is 6.61 Å². The predicted molar refractivity (Wildman–Crippen MR) is 94.6 cm³/mol. The number of nitrogens with zero attached hydrogens (tertiary/aromatic N) is 1. The Bertz CT molecular complexity index is 602. The van der Waals surface area contributed by atoms with Crippen molar-refractivity contribution in [2.45, 2.75) is 38.6 Å². The largest absolute Gasteiger partial charge is 0.493 e. The Morgan fingerprint density at radius 1 is 1.26 bits per heavy atom. The first kappa shape index (κ1) is 18.1. The number of nitrogens with one attached hydrogen (secondary N) is 1. The van der Waals surface area contributed by atoms with Gasteiger partial charge in [-0.15, -0.1) is 0 Å². The van der Waals surface area contributed by atoms with Crippen molar-refractivity contribution in [3.63, 3.8) is 0 Å². The van der Waals surface area contributed by atoms with Gasteiger partial charge in [0.25, 0.3) is 0 Å². The molecule has 0 heterocycles. The minimum atomic E-state index is -3.17. The van der Waals surface area contributed by atoms with E-state index in [9.17, 15) is 8.42 Å². The maximum Gasteiger partial charge on any atom is 0.211 e. The molecule has 1 fully saturated rings. The highest BCUT2D eigenvalue weighted by Crippen LogP contribution is 2.27. The molecule has 1 aromatic carbocycles. The first-order chi connectivity index (χ1) is 10.9. The smallest absolute Gasteiger partial charge is 0.211 e. The number of rotatable bonds is 7. The normalized spacial score (nSPS) is 21.9. The van der Waals surface area contributed by atoms with Gasteiger partial charge >= 0.3 is 0 Å². The Morgan fingerprint density at radius 3 is 2.70 bits per heavy atom. The van der Waals surface area contributed by atoms with E-state index in [1.165, 1.54) is 0 Å². The lowest BCUT2D eigenvalue weighted by atomic mass is 9.86. The van der Waals surface area contributed by atoms with Crippen molar-refractivity contribution in [2.75, 3.05) is 31.4 Å². The van der Waals surface area contributed by atoms with Gasteiger partial charge in [-0.1, -0.05) is 18.9 Å². The molecular formula is C17H28N2O3S. The Kier molecular flexibility index (Phi) is 6.30. The monoisotopic (exact) mass is 340 g/mol. The van der Waals surface area contributed by atoms with Crippen LogP contribution in [0.2, 0.25) is 0 Å². The minimum absolute atomic E-state index is 0.00858. The van der Waals surface area contributed by atoms with Gasteiger partial charge in [-0.3, -0.25) is 0 Å². The molecule has 0 saturated heterocycles. The van der Waals surface area contributed by atoms with Crippen LogP contribution < -0.4 is 14.4 Å². The van der Waals surface area contributed by atoms with Crippen LogP contribution in [-0.2, 0) is 10.0 Å². The van der Waals surface area contributed by atoms with Gasteiger partial charge < -0.3 is 9.64 Å². The first-order valence-corrected chi connectivity index (χ1v) is 9.96. The van der Waals surface area contributed by atoms with Crippen LogP contribution in [-0.4, -0.2) is 40.9 Å². The topological polar surface area (TPSA) is 58.6 Å². The maximum atomic E-state index is 11.8. The van der Waals surface area contributed by atoms with Crippen LogP contribution in [0.25, 0.3) is 0 Å². The molecule has 5 nitrogen and oxygen atoms in total. The summed E-state index contributed by atoms with van der Waals surface area (Å²) in [4.78, 5) is 2.03. The average Bonchev–Trinajstić information content (AvgIpc) is 2.54. The third kappa shape index (κ3) is 5.39. The molecule has 1 N–H and O–H groups in total. The molecule has 130 valence electrons. The number of anilines is 1.